The third-order valence-corrected chi connectivity index (χ3v) is 5.02. The molecule has 1 unspecified atom stereocenters. The molecule has 0 spiro atoms. The predicted molar refractivity (Wildman–Crippen MR) is 116 cm³/mol. The number of aliphatic imine (C=N–C) groups is 1. The molecular formula is C22H27ClN4O. The van der Waals surface area contributed by atoms with Crippen molar-refractivity contribution in [1.82, 2.24) is 10.6 Å². The summed E-state index contributed by atoms with van der Waals surface area (Å²) in [4.78, 5) is 16.7. The van der Waals surface area contributed by atoms with Crippen LogP contribution in [0.25, 0.3) is 0 Å². The highest BCUT2D eigenvalue weighted by Crippen LogP contribution is 2.31. The Bertz CT molecular complexity index is 820. The van der Waals surface area contributed by atoms with Gasteiger partial charge >= 0.3 is 0 Å². The Labute approximate surface area is 171 Å². The van der Waals surface area contributed by atoms with Gasteiger partial charge < -0.3 is 16.0 Å². The Morgan fingerprint density at radius 2 is 1.96 bits per heavy atom. The summed E-state index contributed by atoms with van der Waals surface area (Å²) in [5.41, 5.74) is 3.34. The Morgan fingerprint density at radius 1 is 1.18 bits per heavy atom. The van der Waals surface area contributed by atoms with Crippen LogP contribution in [0.1, 0.15) is 36.8 Å². The Kier molecular flexibility index (Phi) is 7.31. The first-order chi connectivity index (χ1) is 13.7. The lowest BCUT2D eigenvalue weighted by atomic mass is 9.91. The standard InChI is InChI=1S/C22H27ClN4O/c1-2-24-22(25-13-5-6-16-9-11-18(23)12-10-16)26-15-17-14-21(28)27-20-8-4-3-7-19(17)20/h3-4,7-12,17H,2,5-6,13-15H2,1H3,(H,27,28)(H2,24,25,26). The van der Waals surface area contributed by atoms with Crippen LogP contribution in [-0.2, 0) is 11.2 Å². The zero-order chi connectivity index (χ0) is 19.8. The predicted octanol–water partition coefficient (Wildman–Crippen LogP) is 3.95. The van der Waals surface area contributed by atoms with Crippen molar-refractivity contribution in [3.8, 4) is 0 Å². The van der Waals surface area contributed by atoms with Gasteiger partial charge in [-0.15, -0.1) is 0 Å². The van der Waals surface area contributed by atoms with Gasteiger partial charge in [0.05, 0.1) is 6.54 Å². The van der Waals surface area contributed by atoms with Crippen LogP contribution in [0.4, 0.5) is 5.69 Å². The summed E-state index contributed by atoms with van der Waals surface area (Å²) in [6.07, 6.45) is 2.46. The molecule has 1 aliphatic heterocycles. The van der Waals surface area contributed by atoms with E-state index in [0.29, 0.717) is 13.0 Å². The summed E-state index contributed by atoms with van der Waals surface area (Å²) in [7, 11) is 0. The molecule has 1 amide bonds. The number of carbonyl (C=O) groups is 1. The van der Waals surface area contributed by atoms with Crippen LogP contribution in [0.3, 0.4) is 0 Å². The average Bonchev–Trinajstić information content (AvgIpc) is 2.70. The van der Waals surface area contributed by atoms with E-state index in [2.05, 4.69) is 34.1 Å². The van der Waals surface area contributed by atoms with Gasteiger partial charge in [0.15, 0.2) is 5.96 Å². The number of nitrogens with one attached hydrogen (secondary N) is 3. The molecular weight excluding hydrogens is 372 g/mol. The number of halogens is 1. The number of rotatable bonds is 7. The lowest BCUT2D eigenvalue weighted by Gasteiger charge is -2.24. The fourth-order valence-electron chi connectivity index (χ4n) is 3.36. The first-order valence-corrected chi connectivity index (χ1v) is 10.2. The molecule has 2 aromatic rings. The number of carbonyl (C=O) groups excluding carboxylic acids is 1. The maximum absolute atomic E-state index is 12.0. The quantitative estimate of drug-likeness (QED) is 0.376. The van der Waals surface area contributed by atoms with E-state index < -0.39 is 0 Å². The van der Waals surface area contributed by atoms with Crippen molar-refractivity contribution in [3.05, 3.63) is 64.7 Å². The lowest BCUT2D eigenvalue weighted by Crippen LogP contribution is -2.38. The van der Waals surface area contributed by atoms with E-state index in [1.165, 1.54) is 5.56 Å². The maximum atomic E-state index is 12.0. The van der Waals surface area contributed by atoms with Crippen LogP contribution >= 0.6 is 11.6 Å². The largest absolute Gasteiger partial charge is 0.357 e. The summed E-state index contributed by atoms with van der Waals surface area (Å²) in [6, 6.07) is 15.9. The molecule has 1 aliphatic rings. The second-order valence-corrected chi connectivity index (χ2v) is 7.35. The van der Waals surface area contributed by atoms with E-state index in [1.807, 2.05) is 37.3 Å². The molecule has 0 aromatic heterocycles. The van der Waals surface area contributed by atoms with Gasteiger partial charge in [0.1, 0.15) is 0 Å². The van der Waals surface area contributed by atoms with Gasteiger partial charge in [-0.2, -0.15) is 0 Å². The zero-order valence-corrected chi connectivity index (χ0v) is 16.9. The highest BCUT2D eigenvalue weighted by Gasteiger charge is 2.24. The zero-order valence-electron chi connectivity index (χ0n) is 16.2. The molecule has 1 atom stereocenters. The molecule has 0 bridgehead atoms. The molecule has 0 saturated carbocycles. The number of benzene rings is 2. The van der Waals surface area contributed by atoms with Gasteiger partial charge in [-0.1, -0.05) is 41.9 Å². The summed E-state index contributed by atoms with van der Waals surface area (Å²) < 4.78 is 0. The second kappa shape index (κ2) is 10.1. The van der Waals surface area contributed by atoms with Crippen molar-refractivity contribution >= 4 is 29.2 Å². The SMILES string of the molecule is CCNC(=NCC1CC(=O)Nc2ccccc21)NCCCc1ccc(Cl)cc1. The minimum absolute atomic E-state index is 0.0554. The highest BCUT2D eigenvalue weighted by atomic mass is 35.5. The first-order valence-electron chi connectivity index (χ1n) is 9.81. The number of hydrogen-bond acceptors (Lipinski definition) is 2. The third kappa shape index (κ3) is 5.73. The summed E-state index contributed by atoms with van der Waals surface area (Å²) in [6.45, 7) is 4.26. The normalized spacial score (nSPS) is 16.3. The first kappa shape index (κ1) is 20.2. The summed E-state index contributed by atoms with van der Waals surface area (Å²) in [5.74, 6) is 0.955. The minimum atomic E-state index is 0.0554. The lowest BCUT2D eigenvalue weighted by molar-refractivity contribution is -0.116. The molecule has 0 fully saturated rings. The summed E-state index contributed by atoms with van der Waals surface area (Å²) in [5, 5.41) is 10.4. The van der Waals surface area contributed by atoms with E-state index in [1.54, 1.807) is 0 Å². The molecule has 5 nitrogen and oxygen atoms in total. The Hall–Kier alpha value is -2.53. The Morgan fingerprint density at radius 3 is 2.75 bits per heavy atom. The fourth-order valence-corrected chi connectivity index (χ4v) is 3.48. The number of nitrogens with zero attached hydrogens (tertiary/aromatic N) is 1. The molecule has 0 aliphatic carbocycles. The van der Waals surface area contributed by atoms with Gasteiger partial charge in [-0.3, -0.25) is 9.79 Å². The third-order valence-electron chi connectivity index (χ3n) is 4.77. The molecule has 3 rings (SSSR count). The molecule has 0 saturated heterocycles. The topological polar surface area (TPSA) is 65.5 Å². The monoisotopic (exact) mass is 398 g/mol. The van der Waals surface area contributed by atoms with Crippen LogP contribution in [0, 0.1) is 0 Å². The van der Waals surface area contributed by atoms with Gasteiger partial charge in [0, 0.05) is 36.1 Å². The van der Waals surface area contributed by atoms with E-state index in [0.717, 1.165) is 48.2 Å². The molecule has 1 heterocycles. The van der Waals surface area contributed by atoms with Crippen molar-refractivity contribution in [2.45, 2.75) is 32.1 Å². The van der Waals surface area contributed by atoms with Crippen molar-refractivity contribution < 1.29 is 4.79 Å². The minimum Gasteiger partial charge on any atom is -0.357 e. The molecule has 0 radical (unpaired) electrons. The van der Waals surface area contributed by atoms with Crippen molar-refractivity contribution in [2.75, 3.05) is 25.0 Å². The number of anilines is 1. The summed E-state index contributed by atoms with van der Waals surface area (Å²) >= 11 is 5.93. The number of aryl methyl sites for hydroxylation is 1. The molecule has 2 aromatic carbocycles. The molecule has 3 N–H and O–H groups in total. The van der Waals surface area contributed by atoms with Gasteiger partial charge in [-0.25, -0.2) is 0 Å². The van der Waals surface area contributed by atoms with Crippen LogP contribution in [0.15, 0.2) is 53.5 Å². The van der Waals surface area contributed by atoms with Crippen molar-refractivity contribution in [1.29, 1.82) is 0 Å². The molecule has 6 heteroatoms. The average molecular weight is 399 g/mol. The highest BCUT2D eigenvalue weighted by molar-refractivity contribution is 6.30. The van der Waals surface area contributed by atoms with Crippen LogP contribution in [0.2, 0.25) is 5.02 Å². The number of para-hydroxylation sites is 1. The van der Waals surface area contributed by atoms with Crippen LogP contribution in [0.5, 0.6) is 0 Å². The smallest absolute Gasteiger partial charge is 0.225 e. The van der Waals surface area contributed by atoms with Gasteiger partial charge in [0.2, 0.25) is 5.91 Å². The Balaban J connectivity index is 1.54. The molecule has 28 heavy (non-hydrogen) atoms. The molecule has 148 valence electrons. The number of fused-ring (bicyclic) bond motifs is 1. The number of amides is 1. The van der Waals surface area contributed by atoms with Crippen LogP contribution in [-0.4, -0.2) is 31.5 Å². The van der Waals surface area contributed by atoms with E-state index in [4.69, 9.17) is 16.6 Å². The van der Waals surface area contributed by atoms with Crippen molar-refractivity contribution in [2.24, 2.45) is 4.99 Å². The fraction of sp³-hybridized carbons (Fsp3) is 0.364. The number of guanidine groups is 1. The van der Waals surface area contributed by atoms with Gasteiger partial charge in [-0.05, 0) is 49.1 Å². The van der Waals surface area contributed by atoms with Crippen LogP contribution < -0.4 is 16.0 Å². The second-order valence-electron chi connectivity index (χ2n) is 6.91. The maximum Gasteiger partial charge on any atom is 0.225 e. The van der Waals surface area contributed by atoms with Crippen molar-refractivity contribution in [3.63, 3.8) is 0 Å². The van der Waals surface area contributed by atoms with Gasteiger partial charge in [0.25, 0.3) is 0 Å². The van der Waals surface area contributed by atoms with E-state index >= 15 is 0 Å². The van der Waals surface area contributed by atoms with E-state index in [-0.39, 0.29) is 11.8 Å². The number of hydrogen-bond donors (Lipinski definition) is 3. The van der Waals surface area contributed by atoms with E-state index in [9.17, 15) is 4.79 Å².